The largest absolute Gasteiger partial charge is 0.326 e. The molecule has 1 aromatic carbocycles. The smallest absolute Gasteiger partial charge is 0.221 e. The van der Waals surface area contributed by atoms with Crippen LogP contribution in [0.3, 0.4) is 0 Å². The fourth-order valence-electron chi connectivity index (χ4n) is 2.06. The lowest BCUT2D eigenvalue weighted by Gasteiger charge is -2.06. The fraction of sp³-hybridized carbons (Fsp3) is 0.533. The van der Waals surface area contributed by atoms with Crippen LogP contribution in [-0.2, 0) is 11.3 Å². The van der Waals surface area contributed by atoms with Crippen LogP contribution in [0.4, 0.5) is 5.69 Å². The Morgan fingerprint density at radius 1 is 1.28 bits per heavy atom. The van der Waals surface area contributed by atoms with Crippen molar-refractivity contribution in [3.05, 3.63) is 29.8 Å². The maximum atomic E-state index is 10.9. The first kappa shape index (κ1) is 13.1. The summed E-state index contributed by atoms with van der Waals surface area (Å²) < 4.78 is 0. The van der Waals surface area contributed by atoms with Crippen molar-refractivity contribution in [1.82, 2.24) is 5.32 Å². The number of benzene rings is 1. The summed E-state index contributed by atoms with van der Waals surface area (Å²) in [6.45, 7) is 3.53. The van der Waals surface area contributed by atoms with E-state index in [2.05, 4.69) is 22.8 Å². The van der Waals surface area contributed by atoms with Crippen LogP contribution in [0.15, 0.2) is 24.3 Å². The summed E-state index contributed by atoms with van der Waals surface area (Å²) in [7, 11) is 0. The second-order valence-corrected chi connectivity index (χ2v) is 5.14. The Hall–Kier alpha value is -1.35. The number of hydrogen-bond acceptors (Lipinski definition) is 2. The molecule has 0 bridgehead atoms. The fourth-order valence-corrected chi connectivity index (χ4v) is 2.06. The average molecular weight is 246 g/mol. The van der Waals surface area contributed by atoms with Gasteiger partial charge in [0.15, 0.2) is 0 Å². The van der Waals surface area contributed by atoms with Gasteiger partial charge in [0.25, 0.3) is 0 Å². The lowest BCUT2D eigenvalue weighted by atomic mass is 10.2. The molecule has 0 aliphatic heterocycles. The van der Waals surface area contributed by atoms with Crippen molar-refractivity contribution >= 4 is 11.6 Å². The molecule has 2 N–H and O–H groups in total. The molecule has 0 radical (unpaired) electrons. The Bertz CT molecular complexity index is 382. The molecule has 2 rings (SSSR count). The van der Waals surface area contributed by atoms with Crippen LogP contribution < -0.4 is 10.6 Å². The van der Waals surface area contributed by atoms with E-state index >= 15 is 0 Å². The van der Waals surface area contributed by atoms with Gasteiger partial charge >= 0.3 is 0 Å². The summed E-state index contributed by atoms with van der Waals surface area (Å²) in [4.78, 5) is 10.9. The first-order chi connectivity index (χ1) is 8.74. The van der Waals surface area contributed by atoms with Crippen molar-refractivity contribution in [3.8, 4) is 0 Å². The van der Waals surface area contributed by atoms with Gasteiger partial charge in [-0.15, -0.1) is 0 Å². The Morgan fingerprint density at radius 2 is 2.00 bits per heavy atom. The molecule has 1 saturated carbocycles. The van der Waals surface area contributed by atoms with E-state index in [0.717, 1.165) is 24.7 Å². The SMILES string of the molecule is CC(=O)Nc1ccc(CNCCCC2CC2)cc1. The molecule has 0 aromatic heterocycles. The Kier molecular flexibility index (Phi) is 4.76. The van der Waals surface area contributed by atoms with Crippen molar-refractivity contribution in [2.45, 2.75) is 39.2 Å². The summed E-state index contributed by atoms with van der Waals surface area (Å²) in [6, 6.07) is 8.00. The predicted octanol–water partition coefficient (Wildman–Crippen LogP) is 2.92. The number of carbonyl (C=O) groups excluding carboxylic acids is 1. The molecule has 1 aliphatic rings. The molecular formula is C15H22N2O. The second-order valence-electron chi connectivity index (χ2n) is 5.14. The van der Waals surface area contributed by atoms with Gasteiger partial charge < -0.3 is 10.6 Å². The lowest BCUT2D eigenvalue weighted by Crippen LogP contribution is -2.14. The summed E-state index contributed by atoms with van der Waals surface area (Å²) in [5, 5.41) is 6.23. The van der Waals surface area contributed by atoms with Gasteiger partial charge in [0.2, 0.25) is 5.91 Å². The summed E-state index contributed by atoms with van der Waals surface area (Å²) >= 11 is 0. The number of carbonyl (C=O) groups is 1. The van der Waals surface area contributed by atoms with Gasteiger partial charge in [-0.05, 0) is 43.0 Å². The Morgan fingerprint density at radius 3 is 2.61 bits per heavy atom. The molecule has 3 heteroatoms. The van der Waals surface area contributed by atoms with Crippen molar-refractivity contribution in [3.63, 3.8) is 0 Å². The minimum absolute atomic E-state index is 0.0269. The van der Waals surface area contributed by atoms with E-state index in [-0.39, 0.29) is 5.91 Å². The standard InChI is InChI=1S/C15H22N2O/c1-12(18)17-15-8-6-14(7-9-15)11-16-10-2-3-13-4-5-13/h6-9,13,16H,2-5,10-11H2,1H3,(H,17,18). The zero-order chi connectivity index (χ0) is 12.8. The molecule has 0 heterocycles. The first-order valence-corrected chi connectivity index (χ1v) is 6.81. The van der Waals surface area contributed by atoms with E-state index in [0.29, 0.717) is 0 Å². The molecule has 1 amide bonds. The number of hydrogen-bond donors (Lipinski definition) is 2. The van der Waals surface area contributed by atoms with Crippen LogP contribution >= 0.6 is 0 Å². The van der Waals surface area contributed by atoms with E-state index in [4.69, 9.17) is 0 Å². The molecule has 0 spiro atoms. The Balaban J connectivity index is 1.63. The molecule has 1 aliphatic carbocycles. The lowest BCUT2D eigenvalue weighted by molar-refractivity contribution is -0.114. The highest BCUT2D eigenvalue weighted by Crippen LogP contribution is 2.33. The molecule has 1 fully saturated rings. The minimum atomic E-state index is -0.0269. The van der Waals surface area contributed by atoms with Gasteiger partial charge in [-0.3, -0.25) is 4.79 Å². The number of nitrogens with one attached hydrogen (secondary N) is 2. The molecular weight excluding hydrogens is 224 g/mol. The molecule has 0 saturated heterocycles. The monoisotopic (exact) mass is 246 g/mol. The van der Waals surface area contributed by atoms with Crippen molar-refractivity contribution in [2.24, 2.45) is 5.92 Å². The second kappa shape index (κ2) is 6.55. The third-order valence-corrected chi connectivity index (χ3v) is 3.27. The highest BCUT2D eigenvalue weighted by molar-refractivity contribution is 5.88. The van der Waals surface area contributed by atoms with E-state index in [1.807, 2.05) is 12.1 Å². The van der Waals surface area contributed by atoms with Gasteiger partial charge in [-0.25, -0.2) is 0 Å². The maximum absolute atomic E-state index is 10.9. The van der Waals surface area contributed by atoms with E-state index in [9.17, 15) is 4.79 Å². The zero-order valence-corrected chi connectivity index (χ0v) is 11.0. The number of rotatable bonds is 7. The highest BCUT2D eigenvalue weighted by Gasteiger charge is 2.19. The van der Waals surface area contributed by atoms with Crippen molar-refractivity contribution < 1.29 is 4.79 Å². The molecule has 98 valence electrons. The molecule has 1 aromatic rings. The van der Waals surface area contributed by atoms with Crippen LogP contribution in [0.2, 0.25) is 0 Å². The predicted molar refractivity (Wildman–Crippen MR) is 74.4 cm³/mol. The van der Waals surface area contributed by atoms with E-state index < -0.39 is 0 Å². The first-order valence-electron chi connectivity index (χ1n) is 6.81. The summed E-state index contributed by atoms with van der Waals surface area (Å²) in [6.07, 6.45) is 5.57. The van der Waals surface area contributed by atoms with Gasteiger partial charge in [0.05, 0.1) is 0 Å². The Labute approximate surface area is 109 Å². The molecule has 3 nitrogen and oxygen atoms in total. The van der Waals surface area contributed by atoms with Crippen LogP contribution in [0, 0.1) is 5.92 Å². The molecule has 0 unspecified atom stereocenters. The number of amides is 1. The van der Waals surface area contributed by atoms with Gasteiger partial charge in [0, 0.05) is 19.2 Å². The van der Waals surface area contributed by atoms with Crippen molar-refractivity contribution in [2.75, 3.05) is 11.9 Å². The van der Waals surface area contributed by atoms with Crippen LogP contribution in [-0.4, -0.2) is 12.5 Å². The van der Waals surface area contributed by atoms with Crippen LogP contribution in [0.25, 0.3) is 0 Å². The topological polar surface area (TPSA) is 41.1 Å². The summed E-state index contributed by atoms with van der Waals surface area (Å²) in [5.74, 6) is 1.00. The van der Waals surface area contributed by atoms with Crippen LogP contribution in [0.5, 0.6) is 0 Å². The van der Waals surface area contributed by atoms with Crippen molar-refractivity contribution in [1.29, 1.82) is 0 Å². The number of anilines is 1. The molecule has 0 atom stereocenters. The quantitative estimate of drug-likeness (QED) is 0.726. The minimum Gasteiger partial charge on any atom is -0.326 e. The third-order valence-electron chi connectivity index (χ3n) is 3.27. The third kappa shape index (κ3) is 4.88. The maximum Gasteiger partial charge on any atom is 0.221 e. The average Bonchev–Trinajstić information content (AvgIpc) is 3.14. The van der Waals surface area contributed by atoms with E-state index in [1.165, 1.54) is 38.2 Å². The van der Waals surface area contributed by atoms with E-state index in [1.54, 1.807) is 0 Å². The molecule has 18 heavy (non-hydrogen) atoms. The zero-order valence-electron chi connectivity index (χ0n) is 11.0. The normalized spacial score (nSPS) is 14.5. The van der Waals surface area contributed by atoms with Gasteiger partial charge in [0.1, 0.15) is 0 Å². The highest BCUT2D eigenvalue weighted by atomic mass is 16.1. The van der Waals surface area contributed by atoms with Gasteiger partial charge in [-0.2, -0.15) is 0 Å². The van der Waals surface area contributed by atoms with Crippen LogP contribution in [0.1, 0.15) is 38.2 Å². The summed E-state index contributed by atoms with van der Waals surface area (Å²) in [5.41, 5.74) is 2.12. The van der Waals surface area contributed by atoms with Gasteiger partial charge in [-0.1, -0.05) is 25.0 Å².